The van der Waals surface area contributed by atoms with Gasteiger partial charge in [0, 0.05) is 25.5 Å². The first kappa shape index (κ1) is 29.4. The van der Waals surface area contributed by atoms with E-state index in [4.69, 9.17) is 9.20 Å². The van der Waals surface area contributed by atoms with Crippen LogP contribution in [0, 0.1) is 29.5 Å². The number of amides is 1. The number of benzene rings is 2. The summed E-state index contributed by atoms with van der Waals surface area (Å²) in [7, 11) is 0. The van der Waals surface area contributed by atoms with Gasteiger partial charge in [-0.25, -0.2) is 9.76 Å². The van der Waals surface area contributed by atoms with E-state index in [9.17, 15) is 4.79 Å². The van der Waals surface area contributed by atoms with E-state index in [2.05, 4.69) is 34.6 Å². The first-order chi connectivity index (χ1) is 18.6. The number of nitrogens with zero attached hydrogens (tertiary/aromatic N) is 3. The number of likely N-dealkylation sites (tertiary alicyclic amines) is 1. The smallest absolute Gasteiger partial charge is 0.295 e. The normalized spacial score (nSPS) is 20.6. The predicted molar refractivity (Wildman–Crippen MR) is 159 cm³/mol. The number of oxazole rings is 1. The van der Waals surface area contributed by atoms with Crippen molar-refractivity contribution in [2.45, 2.75) is 47.6 Å². The summed E-state index contributed by atoms with van der Waals surface area (Å²) in [4.78, 5) is 25.8. The molecule has 2 N–H and O–H groups in total. The molecule has 3 heterocycles. The third-order valence-corrected chi connectivity index (χ3v) is 7.90. The summed E-state index contributed by atoms with van der Waals surface area (Å²) in [6, 6.07) is 18.4. The molecule has 3 unspecified atom stereocenters. The zero-order valence-electron chi connectivity index (χ0n) is 22.9. The molecule has 38 heavy (non-hydrogen) atoms. The molecule has 1 aliphatic heterocycles. The number of thiazole rings is 1. The largest absolute Gasteiger partial charge is 0.424 e. The molecule has 2 fully saturated rings. The van der Waals surface area contributed by atoms with E-state index in [1.54, 1.807) is 11.3 Å². The Hall–Kier alpha value is -3.17. The van der Waals surface area contributed by atoms with Crippen LogP contribution >= 0.6 is 11.3 Å². The molecule has 4 aromatic rings. The van der Waals surface area contributed by atoms with Crippen molar-refractivity contribution in [3.63, 3.8) is 0 Å². The number of piperidine rings is 1. The Morgan fingerprint density at radius 3 is 2.42 bits per heavy atom. The maximum Gasteiger partial charge on any atom is 0.295 e. The van der Waals surface area contributed by atoms with Crippen LogP contribution in [0.1, 0.15) is 50.1 Å². The highest BCUT2D eigenvalue weighted by Crippen LogP contribution is 2.55. The summed E-state index contributed by atoms with van der Waals surface area (Å²) in [5.74, 6) is 1.74. The van der Waals surface area contributed by atoms with Crippen LogP contribution in [0.15, 0.2) is 59.0 Å². The van der Waals surface area contributed by atoms with Gasteiger partial charge in [0.1, 0.15) is 11.2 Å². The van der Waals surface area contributed by atoms with E-state index >= 15 is 0 Å². The Kier molecular flexibility index (Phi) is 10.5. The number of carbonyl (C=O) groups is 1. The third kappa shape index (κ3) is 5.94. The fourth-order valence-corrected chi connectivity index (χ4v) is 6.10. The van der Waals surface area contributed by atoms with Crippen LogP contribution in [-0.4, -0.2) is 39.9 Å². The van der Waals surface area contributed by atoms with Crippen LogP contribution in [0.25, 0.3) is 21.5 Å². The molecule has 6 rings (SSSR count). The van der Waals surface area contributed by atoms with Crippen molar-refractivity contribution in [2.75, 3.05) is 18.4 Å². The summed E-state index contributed by atoms with van der Waals surface area (Å²) >= 11 is 4.92. The van der Waals surface area contributed by atoms with Crippen LogP contribution in [0.5, 0.6) is 0 Å². The number of para-hydroxylation sites is 2. The number of anilines is 1. The van der Waals surface area contributed by atoms with Crippen LogP contribution in [0.3, 0.4) is 0 Å². The van der Waals surface area contributed by atoms with Gasteiger partial charge in [0.05, 0.1) is 15.9 Å². The number of aryl methyl sites for hydroxylation is 1. The summed E-state index contributed by atoms with van der Waals surface area (Å²) in [6.07, 6.45) is 0. The van der Waals surface area contributed by atoms with E-state index in [0.717, 1.165) is 33.1 Å². The second-order valence-electron chi connectivity index (χ2n) is 8.77. The van der Waals surface area contributed by atoms with Crippen molar-refractivity contribution in [1.29, 1.82) is 4.78 Å². The SMILES string of the molecule is CC.CC.Cc1nc(C(=O)N2CC3C(C2CNc2nc4ccccc4o2)[C@@H]3C)c(-c2ccccc2)s1.N=S. The molecule has 2 aliphatic rings. The maximum absolute atomic E-state index is 13.7. The van der Waals surface area contributed by atoms with Gasteiger partial charge in [-0.2, -0.15) is 4.98 Å². The van der Waals surface area contributed by atoms with Gasteiger partial charge in [0.2, 0.25) is 0 Å². The number of aromatic nitrogens is 2. The molecule has 0 spiro atoms. The molecule has 0 bridgehead atoms. The summed E-state index contributed by atoms with van der Waals surface area (Å²) in [5.41, 5.74) is 3.20. The second kappa shape index (κ2) is 13.6. The van der Waals surface area contributed by atoms with Gasteiger partial charge < -0.3 is 14.6 Å². The van der Waals surface area contributed by atoms with E-state index < -0.39 is 0 Å². The Labute approximate surface area is 234 Å². The lowest BCUT2D eigenvalue weighted by Crippen LogP contribution is -2.43. The Morgan fingerprint density at radius 1 is 1.08 bits per heavy atom. The Morgan fingerprint density at radius 2 is 1.74 bits per heavy atom. The van der Waals surface area contributed by atoms with Crippen molar-refractivity contribution in [1.82, 2.24) is 14.9 Å². The average molecular weight is 552 g/mol. The lowest BCUT2D eigenvalue weighted by Gasteiger charge is -2.28. The summed E-state index contributed by atoms with van der Waals surface area (Å²) in [6.45, 7) is 13.7. The predicted octanol–water partition coefficient (Wildman–Crippen LogP) is 7.43. The van der Waals surface area contributed by atoms with Gasteiger partial charge in [-0.15, -0.1) is 11.3 Å². The minimum absolute atomic E-state index is 0.0250. The number of carbonyl (C=O) groups excluding carboxylic acids is 1. The van der Waals surface area contributed by atoms with Gasteiger partial charge in [-0.1, -0.05) is 77.1 Å². The monoisotopic (exact) mass is 551 g/mol. The lowest BCUT2D eigenvalue weighted by atomic mass is 10.1. The topological polar surface area (TPSA) is 95.1 Å². The van der Waals surface area contributed by atoms with Gasteiger partial charge in [-0.3, -0.25) is 4.79 Å². The standard InChI is InChI=1S/C25H24N4O2S.2C2H6.HNS/c1-14-17-13-29(24(30)22-23(32-15(2)27-22)16-8-4-3-5-9-16)19(21(14)17)12-26-25-28-18-10-6-7-11-20(18)31-25;3*1-2/h3-11,14,17,19,21H,12-13H2,1-2H3,(H,26,28);2*1-2H3;1H/t14-,17?,19?,21?;;;/m1.../s1. The van der Waals surface area contributed by atoms with Crippen molar-refractivity contribution in [3.8, 4) is 10.4 Å². The van der Waals surface area contributed by atoms with E-state index in [-0.39, 0.29) is 11.9 Å². The van der Waals surface area contributed by atoms with E-state index in [1.807, 2.05) is 94.1 Å². The molecule has 1 saturated carbocycles. The van der Waals surface area contributed by atoms with Crippen molar-refractivity contribution in [2.24, 2.45) is 17.8 Å². The van der Waals surface area contributed by atoms with Crippen LogP contribution in [0.2, 0.25) is 0 Å². The molecule has 4 atom stereocenters. The molecule has 202 valence electrons. The first-order valence-electron chi connectivity index (χ1n) is 13.2. The number of fused-ring (bicyclic) bond motifs is 2. The summed E-state index contributed by atoms with van der Waals surface area (Å²) < 4.78 is 11.2. The van der Waals surface area contributed by atoms with Gasteiger partial charge in [0.15, 0.2) is 5.58 Å². The number of hydrogen-bond acceptors (Lipinski definition) is 8. The molecule has 7 nitrogen and oxygen atoms in total. The minimum Gasteiger partial charge on any atom is -0.424 e. The molecule has 1 saturated heterocycles. The first-order valence-corrected chi connectivity index (χ1v) is 14.5. The highest BCUT2D eigenvalue weighted by atomic mass is 32.1. The molecule has 1 amide bonds. The quantitative estimate of drug-likeness (QED) is 0.268. The van der Waals surface area contributed by atoms with Crippen LogP contribution in [0.4, 0.5) is 6.01 Å². The average Bonchev–Trinajstić information content (AvgIpc) is 3.37. The van der Waals surface area contributed by atoms with E-state index in [1.165, 1.54) is 0 Å². The number of rotatable bonds is 5. The highest BCUT2D eigenvalue weighted by molar-refractivity contribution is 7.45. The van der Waals surface area contributed by atoms with Gasteiger partial charge in [0.25, 0.3) is 11.9 Å². The van der Waals surface area contributed by atoms with Crippen molar-refractivity contribution < 1.29 is 9.21 Å². The zero-order valence-corrected chi connectivity index (χ0v) is 24.5. The molecule has 2 aromatic heterocycles. The van der Waals surface area contributed by atoms with Crippen molar-refractivity contribution >= 4 is 46.8 Å². The lowest BCUT2D eigenvalue weighted by molar-refractivity contribution is 0.0700. The molecular formula is C29H37N5O2S2. The van der Waals surface area contributed by atoms with Gasteiger partial charge in [-0.05, 0) is 42.4 Å². The fourth-order valence-electron chi connectivity index (χ4n) is 5.19. The summed E-state index contributed by atoms with van der Waals surface area (Å²) in [5, 5.41) is 4.26. The molecule has 1 aliphatic carbocycles. The molecular weight excluding hydrogens is 514 g/mol. The molecule has 0 radical (unpaired) electrons. The highest BCUT2D eigenvalue weighted by Gasteiger charge is 2.60. The molecule has 2 aromatic carbocycles. The Balaban J connectivity index is 0.000000625. The zero-order chi connectivity index (χ0) is 27.8. The second-order valence-corrected chi connectivity index (χ2v) is 9.97. The fraction of sp³-hybridized carbons (Fsp3) is 0.414. The minimum atomic E-state index is 0.0250. The maximum atomic E-state index is 13.7. The van der Waals surface area contributed by atoms with Crippen LogP contribution < -0.4 is 5.32 Å². The van der Waals surface area contributed by atoms with Gasteiger partial charge >= 0.3 is 0 Å². The molecule has 9 heteroatoms. The number of nitrogens with one attached hydrogen (secondary N) is 2. The van der Waals surface area contributed by atoms with E-state index in [0.29, 0.717) is 36.0 Å². The van der Waals surface area contributed by atoms with Crippen LogP contribution in [-0.2, 0) is 12.4 Å². The number of hydrogen-bond donors (Lipinski definition) is 2. The van der Waals surface area contributed by atoms with Crippen molar-refractivity contribution in [3.05, 3.63) is 65.3 Å². The third-order valence-electron chi connectivity index (χ3n) is 6.88. The Bertz CT molecular complexity index is 1290.